The molecule has 2 heterocycles. The number of carbonyl (C=O) groups excluding carboxylic acids is 1. The minimum absolute atomic E-state index is 0.0465. The molecule has 4 aromatic rings. The lowest BCUT2D eigenvalue weighted by Crippen LogP contribution is -2.16. The molecule has 144 valence electrons. The van der Waals surface area contributed by atoms with Crippen molar-refractivity contribution in [3.8, 4) is 12.0 Å². The normalized spacial score (nSPS) is 11.0. The lowest BCUT2D eigenvalue weighted by atomic mass is 9.92. The molecule has 1 N–H and O–H groups in total. The zero-order chi connectivity index (χ0) is 20.5. The summed E-state index contributed by atoms with van der Waals surface area (Å²) in [6.45, 7) is 5.70. The Hall–Kier alpha value is -3.92. The smallest absolute Gasteiger partial charge is 0.255 e. The molecule has 4 rings (SSSR count). The number of fused-ring (bicyclic) bond motifs is 1. The Morgan fingerprint density at radius 2 is 2.07 bits per heavy atom. The number of amides is 1. The third-order valence-corrected chi connectivity index (χ3v) is 4.70. The quantitative estimate of drug-likeness (QED) is 0.555. The summed E-state index contributed by atoms with van der Waals surface area (Å²) in [6, 6.07) is 12.9. The van der Waals surface area contributed by atoms with Gasteiger partial charge in [0.2, 0.25) is 5.88 Å². The monoisotopic (exact) mass is 385 g/mol. The van der Waals surface area contributed by atoms with Crippen LogP contribution in [0.2, 0.25) is 0 Å². The molecule has 0 fully saturated rings. The Labute approximate surface area is 167 Å². The van der Waals surface area contributed by atoms with Gasteiger partial charge in [0, 0.05) is 23.6 Å². The lowest BCUT2D eigenvalue weighted by Gasteiger charge is -2.14. The fraction of sp³-hybridized carbons (Fsp3) is 0.182. The molecule has 29 heavy (non-hydrogen) atoms. The van der Waals surface area contributed by atoms with Crippen LogP contribution in [0.3, 0.4) is 0 Å². The van der Waals surface area contributed by atoms with Gasteiger partial charge in [0.1, 0.15) is 0 Å². The first kappa shape index (κ1) is 18.4. The van der Waals surface area contributed by atoms with Crippen LogP contribution in [0.25, 0.3) is 16.8 Å². The van der Waals surface area contributed by atoms with E-state index in [0.717, 1.165) is 16.5 Å². The molecule has 0 atom stereocenters. The Morgan fingerprint density at radius 3 is 2.76 bits per heavy atom. The summed E-state index contributed by atoms with van der Waals surface area (Å²) in [5, 5.41) is 17.6. The van der Waals surface area contributed by atoms with Crippen molar-refractivity contribution in [2.24, 2.45) is 0 Å². The van der Waals surface area contributed by atoms with Crippen LogP contribution in [0.5, 0.6) is 0 Å². The van der Waals surface area contributed by atoms with Crippen molar-refractivity contribution in [3.63, 3.8) is 0 Å². The number of nitriles is 1. The summed E-state index contributed by atoms with van der Waals surface area (Å²) >= 11 is 0. The molecule has 2 aromatic heterocycles. The average Bonchev–Trinajstić information content (AvgIpc) is 3.32. The third-order valence-electron chi connectivity index (χ3n) is 4.70. The van der Waals surface area contributed by atoms with Crippen molar-refractivity contribution >= 4 is 22.5 Å². The lowest BCUT2D eigenvalue weighted by molar-refractivity contribution is 0.102. The van der Waals surface area contributed by atoms with Gasteiger partial charge in [-0.25, -0.2) is 4.98 Å². The van der Waals surface area contributed by atoms with Crippen molar-refractivity contribution in [2.75, 3.05) is 5.32 Å². The number of nitrogens with zero attached hydrogens (tertiary/aromatic N) is 4. The number of aromatic nitrogens is 3. The number of anilines is 1. The third kappa shape index (κ3) is 3.36. The van der Waals surface area contributed by atoms with E-state index < -0.39 is 0 Å². The van der Waals surface area contributed by atoms with Crippen molar-refractivity contribution in [1.82, 2.24) is 14.8 Å². The molecule has 0 aliphatic rings. The van der Waals surface area contributed by atoms with E-state index in [-0.39, 0.29) is 11.8 Å². The van der Waals surface area contributed by atoms with E-state index in [4.69, 9.17) is 4.42 Å². The number of aryl methyl sites for hydroxylation is 1. The molecule has 0 spiro atoms. The van der Waals surface area contributed by atoms with Crippen LogP contribution in [0.1, 0.15) is 47.1 Å². The standard InChI is InChI=1S/C22H19N5O2/c1-13(2)21-15(10-23)5-4-6-18(21)22(28)26-17-8-7-16-11-25-27(19(16)9-17)20-12-24-14(3)29-20/h4-9,11-13H,1-3H3,(H,26,28). The minimum atomic E-state index is -0.258. The van der Waals surface area contributed by atoms with Gasteiger partial charge < -0.3 is 9.73 Å². The van der Waals surface area contributed by atoms with Gasteiger partial charge >= 0.3 is 0 Å². The van der Waals surface area contributed by atoms with E-state index in [0.29, 0.717) is 28.6 Å². The van der Waals surface area contributed by atoms with Crippen LogP contribution in [0.4, 0.5) is 5.69 Å². The molecule has 0 unspecified atom stereocenters. The summed E-state index contributed by atoms with van der Waals surface area (Å²) in [5.74, 6) is 0.841. The number of hydrogen-bond acceptors (Lipinski definition) is 5. The number of oxazole rings is 1. The molecule has 0 radical (unpaired) electrons. The molecule has 0 aliphatic carbocycles. The molecule has 7 nitrogen and oxygen atoms in total. The van der Waals surface area contributed by atoms with Gasteiger partial charge in [0.25, 0.3) is 5.91 Å². The predicted octanol–water partition coefficient (Wildman–Crippen LogP) is 4.57. The summed E-state index contributed by atoms with van der Waals surface area (Å²) in [6.07, 6.45) is 3.33. The van der Waals surface area contributed by atoms with Crippen LogP contribution in [0, 0.1) is 18.3 Å². The Kier molecular flexibility index (Phi) is 4.61. The van der Waals surface area contributed by atoms with Gasteiger partial charge in [0.15, 0.2) is 5.89 Å². The van der Waals surface area contributed by atoms with Gasteiger partial charge in [-0.05, 0) is 41.8 Å². The number of carbonyl (C=O) groups is 1. The van der Waals surface area contributed by atoms with Gasteiger partial charge in [-0.15, -0.1) is 0 Å². The van der Waals surface area contributed by atoms with Crippen LogP contribution < -0.4 is 5.32 Å². The first-order valence-corrected chi connectivity index (χ1v) is 9.23. The van der Waals surface area contributed by atoms with E-state index in [1.165, 1.54) is 0 Å². The maximum Gasteiger partial charge on any atom is 0.255 e. The number of hydrogen-bond donors (Lipinski definition) is 1. The van der Waals surface area contributed by atoms with Crippen molar-refractivity contribution in [2.45, 2.75) is 26.7 Å². The zero-order valence-corrected chi connectivity index (χ0v) is 16.3. The molecule has 0 bridgehead atoms. The van der Waals surface area contributed by atoms with Crippen LogP contribution >= 0.6 is 0 Å². The summed E-state index contributed by atoms with van der Waals surface area (Å²) in [7, 11) is 0. The predicted molar refractivity (Wildman–Crippen MR) is 109 cm³/mol. The van der Waals surface area contributed by atoms with Crippen molar-refractivity contribution < 1.29 is 9.21 Å². The van der Waals surface area contributed by atoms with E-state index >= 15 is 0 Å². The van der Waals surface area contributed by atoms with Crippen LogP contribution in [-0.2, 0) is 0 Å². The van der Waals surface area contributed by atoms with E-state index in [1.54, 1.807) is 42.2 Å². The van der Waals surface area contributed by atoms with Crippen molar-refractivity contribution in [1.29, 1.82) is 5.26 Å². The maximum absolute atomic E-state index is 13.0. The first-order chi connectivity index (χ1) is 14.0. The molecule has 0 saturated heterocycles. The maximum atomic E-state index is 13.0. The summed E-state index contributed by atoms with van der Waals surface area (Å²) < 4.78 is 7.20. The van der Waals surface area contributed by atoms with Gasteiger partial charge in [-0.3, -0.25) is 4.79 Å². The van der Waals surface area contributed by atoms with Gasteiger partial charge in [0.05, 0.1) is 29.5 Å². The Bertz CT molecular complexity index is 1260. The fourth-order valence-corrected chi connectivity index (χ4v) is 3.40. The molecule has 1 amide bonds. The zero-order valence-electron chi connectivity index (χ0n) is 16.3. The topological polar surface area (TPSA) is 96.7 Å². The van der Waals surface area contributed by atoms with Crippen LogP contribution in [-0.4, -0.2) is 20.7 Å². The molecular weight excluding hydrogens is 366 g/mol. The highest BCUT2D eigenvalue weighted by Gasteiger charge is 2.18. The fourth-order valence-electron chi connectivity index (χ4n) is 3.40. The number of nitrogens with one attached hydrogen (secondary N) is 1. The summed E-state index contributed by atoms with van der Waals surface area (Å²) in [4.78, 5) is 17.1. The summed E-state index contributed by atoms with van der Waals surface area (Å²) in [5.41, 5.74) is 3.17. The molecule has 0 saturated carbocycles. The highest BCUT2D eigenvalue weighted by Crippen LogP contribution is 2.26. The number of benzene rings is 2. The van der Waals surface area contributed by atoms with Crippen LogP contribution in [0.15, 0.2) is 53.2 Å². The molecule has 2 aromatic carbocycles. The Morgan fingerprint density at radius 1 is 1.24 bits per heavy atom. The second kappa shape index (κ2) is 7.24. The van der Waals surface area contributed by atoms with E-state index in [2.05, 4.69) is 21.5 Å². The highest BCUT2D eigenvalue weighted by molar-refractivity contribution is 6.06. The second-order valence-electron chi connectivity index (χ2n) is 7.03. The van der Waals surface area contributed by atoms with E-state index in [1.807, 2.05) is 32.0 Å². The molecular formula is C22H19N5O2. The van der Waals surface area contributed by atoms with Gasteiger partial charge in [-0.2, -0.15) is 15.0 Å². The SMILES string of the molecule is Cc1ncc(-n2ncc3ccc(NC(=O)c4cccc(C#N)c4C(C)C)cc32)o1. The minimum Gasteiger partial charge on any atom is -0.423 e. The number of rotatable bonds is 4. The largest absolute Gasteiger partial charge is 0.423 e. The Balaban J connectivity index is 1.70. The van der Waals surface area contributed by atoms with E-state index in [9.17, 15) is 10.1 Å². The molecule has 7 heteroatoms. The van der Waals surface area contributed by atoms with Gasteiger partial charge in [-0.1, -0.05) is 19.9 Å². The highest BCUT2D eigenvalue weighted by atomic mass is 16.4. The first-order valence-electron chi connectivity index (χ1n) is 9.23. The average molecular weight is 385 g/mol. The van der Waals surface area contributed by atoms with Crippen molar-refractivity contribution in [3.05, 3.63) is 71.4 Å². The molecule has 0 aliphatic heterocycles. The second-order valence-corrected chi connectivity index (χ2v) is 7.03.